The van der Waals surface area contributed by atoms with Crippen LogP contribution in [0.4, 0.5) is 17.5 Å². The Kier molecular flexibility index (Phi) is 5.16. The van der Waals surface area contributed by atoms with E-state index in [0.29, 0.717) is 28.5 Å². The van der Waals surface area contributed by atoms with Crippen LogP contribution < -0.4 is 10.6 Å². The molecule has 1 unspecified atom stereocenters. The number of hydrogen-bond donors (Lipinski definition) is 3. The van der Waals surface area contributed by atoms with Crippen molar-refractivity contribution in [2.75, 3.05) is 17.7 Å². The molecule has 2 aromatic carbocycles. The number of aromatic nitrogens is 2. The van der Waals surface area contributed by atoms with E-state index in [1.54, 1.807) is 24.3 Å². The van der Waals surface area contributed by atoms with Gasteiger partial charge in [-0.3, -0.25) is 4.79 Å². The van der Waals surface area contributed by atoms with Gasteiger partial charge in [0.1, 0.15) is 11.9 Å². The monoisotopic (exact) mass is 366 g/mol. The van der Waals surface area contributed by atoms with Gasteiger partial charge < -0.3 is 20.5 Å². The number of benzene rings is 2. The standard InChI is InChI=1S/C19H18N4O4/c1-11(17(24)25)20-16-14-5-3-4-6-15(14)22-19(23-16)21-13-9-7-12(8-10-13)18(26)27-2/h3-11H,1-2H3,(H,24,25)(H2,20,21,22,23). The van der Waals surface area contributed by atoms with Crippen molar-refractivity contribution in [3.63, 3.8) is 0 Å². The molecule has 0 saturated carbocycles. The summed E-state index contributed by atoms with van der Waals surface area (Å²) in [7, 11) is 1.32. The normalized spacial score (nSPS) is 11.6. The number of esters is 1. The number of carboxylic acid groups (broad SMARTS) is 1. The summed E-state index contributed by atoms with van der Waals surface area (Å²) in [4.78, 5) is 31.5. The van der Waals surface area contributed by atoms with E-state index in [9.17, 15) is 9.59 Å². The van der Waals surface area contributed by atoms with Gasteiger partial charge in [0, 0.05) is 11.1 Å². The number of nitrogens with one attached hydrogen (secondary N) is 2. The highest BCUT2D eigenvalue weighted by Crippen LogP contribution is 2.24. The Morgan fingerprint density at radius 2 is 1.78 bits per heavy atom. The lowest BCUT2D eigenvalue weighted by Gasteiger charge is -2.14. The Morgan fingerprint density at radius 3 is 2.44 bits per heavy atom. The first-order chi connectivity index (χ1) is 13.0. The number of fused-ring (bicyclic) bond motifs is 1. The highest BCUT2D eigenvalue weighted by atomic mass is 16.5. The maximum Gasteiger partial charge on any atom is 0.337 e. The van der Waals surface area contributed by atoms with Gasteiger partial charge in [-0.2, -0.15) is 4.98 Å². The van der Waals surface area contributed by atoms with E-state index in [1.165, 1.54) is 14.0 Å². The van der Waals surface area contributed by atoms with Crippen molar-refractivity contribution in [1.82, 2.24) is 9.97 Å². The fraction of sp³-hybridized carbons (Fsp3) is 0.158. The first-order valence-corrected chi connectivity index (χ1v) is 8.19. The molecule has 8 nitrogen and oxygen atoms in total. The summed E-state index contributed by atoms with van der Waals surface area (Å²) in [6, 6.07) is 13.2. The van der Waals surface area contributed by atoms with Crippen LogP contribution in [0.3, 0.4) is 0 Å². The molecule has 0 spiro atoms. The molecule has 0 aliphatic heterocycles. The molecule has 0 aliphatic rings. The molecule has 27 heavy (non-hydrogen) atoms. The molecule has 1 heterocycles. The van der Waals surface area contributed by atoms with Gasteiger partial charge in [0.15, 0.2) is 0 Å². The second-order valence-electron chi connectivity index (χ2n) is 5.81. The van der Waals surface area contributed by atoms with Gasteiger partial charge in [0.25, 0.3) is 0 Å². The van der Waals surface area contributed by atoms with E-state index in [-0.39, 0.29) is 0 Å². The Morgan fingerprint density at radius 1 is 1.07 bits per heavy atom. The molecule has 138 valence electrons. The van der Waals surface area contributed by atoms with Crippen LogP contribution in [0, 0.1) is 0 Å². The van der Waals surface area contributed by atoms with Gasteiger partial charge >= 0.3 is 11.9 Å². The number of carbonyl (C=O) groups excluding carboxylic acids is 1. The summed E-state index contributed by atoms with van der Waals surface area (Å²) in [5.74, 6) is -0.674. The summed E-state index contributed by atoms with van der Waals surface area (Å²) in [6.45, 7) is 1.54. The van der Waals surface area contributed by atoms with E-state index in [4.69, 9.17) is 5.11 Å². The van der Waals surface area contributed by atoms with Crippen LogP contribution in [-0.4, -0.2) is 40.2 Å². The van der Waals surface area contributed by atoms with Gasteiger partial charge in [0.05, 0.1) is 18.2 Å². The lowest BCUT2D eigenvalue weighted by atomic mass is 10.2. The summed E-state index contributed by atoms with van der Waals surface area (Å²) in [5.41, 5.74) is 1.77. The van der Waals surface area contributed by atoms with Gasteiger partial charge in [-0.25, -0.2) is 9.78 Å². The number of ether oxygens (including phenoxy) is 1. The van der Waals surface area contributed by atoms with Gasteiger partial charge in [-0.05, 0) is 43.3 Å². The molecule has 1 atom stereocenters. The van der Waals surface area contributed by atoms with Crippen molar-refractivity contribution in [2.45, 2.75) is 13.0 Å². The number of para-hydroxylation sites is 1. The first kappa shape index (κ1) is 18.1. The predicted octanol–water partition coefficient (Wildman–Crippen LogP) is 3.05. The maximum absolute atomic E-state index is 11.5. The fourth-order valence-electron chi connectivity index (χ4n) is 2.45. The van der Waals surface area contributed by atoms with Crippen LogP contribution in [0.1, 0.15) is 17.3 Å². The Bertz CT molecular complexity index is 989. The third-order valence-corrected chi connectivity index (χ3v) is 3.89. The van der Waals surface area contributed by atoms with Crippen molar-refractivity contribution >= 4 is 40.3 Å². The summed E-state index contributed by atoms with van der Waals surface area (Å²) in [5, 5.41) is 15.8. The SMILES string of the molecule is COC(=O)c1ccc(Nc2nc(NC(C)C(=O)O)c3ccccc3n2)cc1. The van der Waals surface area contributed by atoms with Crippen LogP contribution >= 0.6 is 0 Å². The van der Waals surface area contributed by atoms with Crippen molar-refractivity contribution in [3.05, 3.63) is 54.1 Å². The third-order valence-electron chi connectivity index (χ3n) is 3.89. The van der Waals surface area contributed by atoms with Crippen LogP contribution in [0.25, 0.3) is 10.9 Å². The zero-order valence-corrected chi connectivity index (χ0v) is 14.8. The van der Waals surface area contributed by atoms with E-state index in [2.05, 4.69) is 25.3 Å². The average Bonchev–Trinajstić information content (AvgIpc) is 2.68. The molecule has 3 rings (SSSR count). The molecule has 3 aromatic rings. The highest BCUT2D eigenvalue weighted by Gasteiger charge is 2.15. The number of anilines is 3. The maximum atomic E-state index is 11.5. The minimum absolute atomic E-state index is 0.305. The third kappa shape index (κ3) is 4.12. The largest absolute Gasteiger partial charge is 0.480 e. The summed E-state index contributed by atoms with van der Waals surface area (Å²) < 4.78 is 4.67. The van der Waals surface area contributed by atoms with Crippen LogP contribution in [0.2, 0.25) is 0 Å². The Hall–Kier alpha value is -3.68. The smallest absolute Gasteiger partial charge is 0.337 e. The lowest BCUT2D eigenvalue weighted by Crippen LogP contribution is -2.26. The van der Waals surface area contributed by atoms with Gasteiger partial charge in [-0.1, -0.05) is 12.1 Å². The Balaban J connectivity index is 1.92. The van der Waals surface area contributed by atoms with Gasteiger partial charge in [0.2, 0.25) is 5.95 Å². The fourth-order valence-corrected chi connectivity index (χ4v) is 2.45. The minimum Gasteiger partial charge on any atom is -0.480 e. The quantitative estimate of drug-likeness (QED) is 0.571. The second-order valence-corrected chi connectivity index (χ2v) is 5.81. The average molecular weight is 366 g/mol. The van der Waals surface area contributed by atoms with Gasteiger partial charge in [-0.15, -0.1) is 0 Å². The van der Waals surface area contributed by atoms with Crippen LogP contribution in [0.5, 0.6) is 0 Å². The van der Waals surface area contributed by atoms with Crippen molar-refractivity contribution in [2.24, 2.45) is 0 Å². The molecule has 1 aromatic heterocycles. The molecular formula is C19H18N4O4. The van der Waals surface area contributed by atoms with E-state index in [0.717, 1.165) is 5.39 Å². The van der Waals surface area contributed by atoms with E-state index < -0.39 is 18.0 Å². The number of carboxylic acids is 1. The number of hydrogen-bond acceptors (Lipinski definition) is 7. The predicted molar refractivity (Wildman–Crippen MR) is 101 cm³/mol. The van der Waals surface area contributed by atoms with Crippen LogP contribution in [-0.2, 0) is 9.53 Å². The molecule has 0 bridgehead atoms. The first-order valence-electron chi connectivity index (χ1n) is 8.19. The molecule has 8 heteroatoms. The summed E-state index contributed by atoms with van der Waals surface area (Å²) >= 11 is 0. The zero-order chi connectivity index (χ0) is 19.4. The molecular weight excluding hydrogens is 348 g/mol. The van der Waals surface area contributed by atoms with Crippen LogP contribution in [0.15, 0.2) is 48.5 Å². The minimum atomic E-state index is -0.981. The molecule has 3 N–H and O–H groups in total. The van der Waals surface area contributed by atoms with E-state index >= 15 is 0 Å². The molecule has 0 radical (unpaired) electrons. The number of aliphatic carboxylic acids is 1. The summed E-state index contributed by atoms with van der Waals surface area (Å²) in [6.07, 6.45) is 0. The Labute approximate surface area is 155 Å². The number of rotatable bonds is 6. The van der Waals surface area contributed by atoms with Crippen molar-refractivity contribution < 1.29 is 19.4 Å². The number of nitrogens with zero attached hydrogens (tertiary/aromatic N) is 2. The zero-order valence-electron chi connectivity index (χ0n) is 14.8. The molecule has 0 saturated heterocycles. The van der Waals surface area contributed by atoms with Crippen molar-refractivity contribution in [1.29, 1.82) is 0 Å². The molecule has 0 amide bonds. The topological polar surface area (TPSA) is 113 Å². The second kappa shape index (κ2) is 7.69. The molecule has 0 fully saturated rings. The molecule has 0 aliphatic carbocycles. The number of carbonyl (C=O) groups is 2. The lowest BCUT2D eigenvalue weighted by molar-refractivity contribution is -0.137. The van der Waals surface area contributed by atoms with Crippen molar-refractivity contribution in [3.8, 4) is 0 Å². The van der Waals surface area contributed by atoms with E-state index in [1.807, 2.05) is 24.3 Å². The number of methoxy groups -OCH3 is 1. The highest BCUT2D eigenvalue weighted by molar-refractivity contribution is 5.92.